The van der Waals surface area contributed by atoms with E-state index in [0.29, 0.717) is 0 Å². The van der Waals surface area contributed by atoms with Crippen LogP contribution in [-0.2, 0) is 0 Å². The highest BCUT2D eigenvalue weighted by Gasteiger charge is 1.98. The summed E-state index contributed by atoms with van der Waals surface area (Å²) in [6.07, 6.45) is 5.52. The maximum Gasteiger partial charge on any atom is 0.0314 e. The van der Waals surface area contributed by atoms with Crippen molar-refractivity contribution in [2.75, 3.05) is 5.73 Å². The summed E-state index contributed by atoms with van der Waals surface area (Å²) in [7, 11) is 0. The first-order valence-electron chi connectivity index (χ1n) is 5.21. The molecule has 1 aromatic carbocycles. The van der Waals surface area contributed by atoms with Gasteiger partial charge in [0.1, 0.15) is 0 Å². The van der Waals surface area contributed by atoms with Gasteiger partial charge in [-0.2, -0.15) is 0 Å². The van der Waals surface area contributed by atoms with Crippen molar-refractivity contribution in [3.8, 4) is 0 Å². The van der Waals surface area contributed by atoms with Crippen molar-refractivity contribution in [3.63, 3.8) is 0 Å². The van der Waals surface area contributed by atoms with Crippen molar-refractivity contribution >= 4 is 17.3 Å². The summed E-state index contributed by atoms with van der Waals surface area (Å²) in [5.41, 5.74) is 13.9. The maximum atomic E-state index is 5.64. The lowest BCUT2D eigenvalue weighted by Gasteiger charge is -2.03. The second kappa shape index (κ2) is 6.23. The third-order valence-corrected chi connectivity index (χ3v) is 2.52. The summed E-state index contributed by atoms with van der Waals surface area (Å²) in [6.45, 7) is 2.04. The molecule has 1 aliphatic rings. The minimum atomic E-state index is 0.829. The molecule has 0 aliphatic heterocycles. The van der Waals surface area contributed by atoms with E-state index in [-0.39, 0.29) is 0 Å². The predicted octanol–water partition coefficient (Wildman–Crippen LogP) is 3.32. The Bertz CT molecular complexity index is 352. The lowest BCUT2D eigenvalue weighted by atomic mass is 10.1. The Morgan fingerprint density at radius 2 is 1.62 bits per heavy atom. The van der Waals surface area contributed by atoms with E-state index < -0.39 is 0 Å². The number of nitrogens with two attached hydrogens (primary N) is 2. The molecule has 4 N–H and O–H groups in total. The Balaban J connectivity index is 0.000000160. The molecule has 0 saturated carbocycles. The van der Waals surface area contributed by atoms with E-state index in [0.717, 1.165) is 29.3 Å². The molecule has 0 amide bonds. The third kappa shape index (κ3) is 4.89. The molecule has 0 heterocycles. The van der Waals surface area contributed by atoms with Gasteiger partial charge in [0.05, 0.1) is 0 Å². The zero-order valence-electron chi connectivity index (χ0n) is 9.41. The van der Waals surface area contributed by atoms with Gasteiger partial charge in [0.15, 0.2) is 0 Å². The van der Waals surface area contributed by atoms with E-state index in [9.17, 15) is 0 Å². The van der Waals surface area contributed by atoms with Crippen molar-refractivity contribution in [1.82, 2.24) is 0 Å². The normalized spacial score (nSPS) is 14.4. The van der Waals surface area contributed by atoms with Crippen molar-refractivity contribution in [2.24, 2.45) is 5.73 Å². The van der Waals surface area contributed by atoms with Gasteiger partial charge in [0.2, 0.25) is 0 Å². The van der Waals surface area contributed by atoms with Crippen LogP contribution in [0.1, 0.15) is 18.4 Å². The molecular weight excluding hydrogens is 220 g/mol. The van der Waals surface area contributed by atoms with Crippen LogP contribution in [0.3, 0.4) is 0 Å². The van der Waals surface area contributed by atoms with Crippen molar-refractivity contribution in [3.05, 3.63) is 52.7 Å². The van der Waals surface area contributed by atoms with Crippen molar-refractivity contribution in [2.45, 2.75) is 19.8 Å². The third-order valence-electron chi connectivity index (χ3n) is 2.21. The number of benzene rings is 1. The summed E-state index contributed by atoms with van der Waals surface area (Å²) >= 11 is 5.64. The summed E-state index contributed by atoms with van der Waals surface area (Å²) in [6, 6.07) is 7.79. The van der Waals surface area contributed by atoms with Gasteiger partial charge in [-0.3, -0.25) is 0 Å². The standard InChI is InChI=1S/C7H9N.C6H8ClN/c1-6-2-4-7(8)5-3-6;7-5-1-3-6(8)4-2-5/h2-5H,8H2,1H3;1,3H,2,4,8H2. The van der Waals surface area contributed by atoms with Crippen molar-refractivity contribution in [1.29, 1.82) is 0 Å². The van der Waals surface area contributed by atoms with E-state index in [1.165, 1.54) is 5.56 Å². The first kappa shape index (κ1) is 12.7. The Hall–Kier alpha value is -1.41. The number of hydrogen-bond acceptors (Lipinski definition) is 2. The molecule has 0 aromatic heterocycles. The van der Waals surface area contributed by atoms with Gasteiger partial charge in [-0.1, -0.05) is 29.3 Å². The predicted molar refractivity (Wildman–Crippen MR) is 71.0 cm³/mol. The smallest absolute Gasteiger partial charge is 0.0314 e. The Kier molecular flexibility index (Phi) is 4.93. The van der Waals surface area contributed by atoms with E-state index in [1.54, 1.807) is 0 Å². The Morgan fingerprint density at radius 1 is 1.00 bits per heavy atom. The monoisotopic (exact) mass is 236 g/mol. The minimum Gasteiger partial charge on any atom is -0.402 e. The highest BCUT2D eigenvalue weighted by molar-refractivity contribution is 6.29. The topological polar surface area (TPSA) is 52.0 Å². The van der Waals surface area contributed by atoms with Crippen LogP contribution in [0, 0.1) is 6.92 Å². The summed E-state index contributed by atoms with van der Waals surface area (Å²) < 4.78 is 0. The van der Waals surface area contributed by atoms with Crippen LogP contribution in [0.15, 0.2) is 47.1 Å². The fourth-order valence-corrected chi connectivity index (χ4v) is 1.35. The summed E-state index contributed by atoms with van der Waals surface area (Å²) in [4.78, 5) is 0. The molecule has 0 radical (unpaired) electrons. The molecule has 0 unspecified atom stereocenters. The van der Waals surface area contributed by atoms with E-state index in [4.69, 9.17) is 23.1 Å². The average Bonchev–Trinajstić information content (AvgIpc) is 2.28. The number of anilines is 1. The molecular formula is C13H17ClN2. The fourth-order valence-electron chi connectivity index (χ4n) is 1.19. The quantitative estimate of drug-likeness (QED) is 0.679. The Morgan fingerprint density at radius 3 is 2.00 bits per heavy atom. The van der Waals surface area contributed by atoms with Gasteiger partial charge in [-0.25, -0.2) is 0 Å². The van der Waals surface area contributed by atoms with Crippen LogP contribution in [0.25, 0.3) is 0 Å². The maximum absolute atomic E-state index is 5.64. The highest BCUT2D eigenvalue weighted by atomic mass is 35.5. The van der Waals surface area contributed by atoms with Gasteiger partial charge >= 0.3 is 0 Å². The molecule has 0 atom stereocenters. The second-order valence-electron chi connectivity index (χ2n) is 3.77. The number of halogens is 1. The number of aryl methyl sites for hydroxylation is 1. The minimum absolute atomic E-state index is 0.829. The lowest BCUT2D eigenvalue weighted by Crippen LogP contribution is -1.98. The molecule has 86 valence electrons. The van der Waals surface area contributed by atoms with E-state index in [1.807, 2.05) is 43.3 Å². The number of hydrogen-bond donors (Lipinski definition) is 2. The largest absolute Gasteiger partial charge is 0.402 e. The van der Waals surface area contributed by atoms with Crippen LogP contribution >= 0.6 is 11.6 Å². The molecule has 2 rings (SSSR count). The van der Waals surface area contributed by atoms with Gasteiger partial charge < -0.3 is 11.5 Å². The van der Waals surface area contributed by atoms with Gasteiger partial charge in [-0.15, -0.1) is 0 Å². The first-order valence-corrected chi connectivity index (χ1v) is 5.58. The molecule has 0 spiro atoms. The van der Waals surface area contributed by atoms with Crippen LogP contribution in [-0.4, -0.2) is 0 Å². The molecule has 16 heavy (non-hydrogen) atoms. The lowest BCUT2D eigenvalue weighted by molar-refractivity contribution is 0.930. The van der Waals surface area contributed by atoms with Crippen LogP contribution in [0.4, 0.5) is 5.69 Å². The van der Waals surface area contributed by atoms with E-state index >= 15 is 0 Å². The highest BCUT2D eigenvalue weighted by Crippen LogP contribution is 2.17. The van der Waals surface area contributed by atoms with Crippen LogP contribution in [0.5, 0.6) is 0 Å². The number of rotatable bonds is 0. The number of nitrogen functional groups attached to an aromatic ring is 1. The molecule has 0 bridgehead atoms. The first-order chi connectivity index (χ1) is 7.58. The molecule has 3 heteroatoms. The zero-order valence-corrected chi connectivity index (χ0v) is 10.2. The summed E-state index contributed by atoms with van der Waals surface area (Å²) in [5.74, 6) is 0. The molecule has 0 saturated heterocycles. The molecule has 0 fully saturated rings. The average molecular weight is 237 g/mol. The Labute approximate surface area is 102 Å². The zero-order chi connectivity index (χ0) is 12.0. The van der Waals surface area contributed by atoms with E-state index in [2.05, 4.69) is 0 Å². The van der Waals surface area contributed by atoms with Crippen molar-refractivity contribution < 1.29 is 0 Å². The molecule has 1 aromatic rings. The second-order valence-corrected chi connectivity index (χ2v) is 4.25. The summed E-state index contributed by atoms with van der Waals surface area (Å²) in [5, 5.41) is 0.902. The van der Waals surface area contributed by atoms with Crippen LogP contribution < -0.4 is 11.5 Å². The number of allylic oxidation sites excluding steroid dienone is 4. The SMILES string of the molecule is Cc1ccc(N)cc1.NC1=CC=C(Cl)CC1. The fraction of sp³-hybridized carbons (Fsp3) is 0.231. The van der Waals surface area contributed by atoms with Gasteiger partial charge in [-0.05, 0) is 44.1 Å². The molecule has 1 aliphatic carbocycles. The van der Waals surface area contributed by atoms with Crippen LogP contribution in [0.2, 0.25) is 0 Å². The molecule has 2 nitrogen and oxygen atoms in total. The van der Waals surface area contributed by atoms with Gasteiger partial charge in [0.25, 0.3) is 0 Å². The van der Waals surface area contributed by atoms with Gasteiger partial charge in [0, 0.05) is 16.4 Å².